The van der Waals surface area contributed by atoms with Crippen LogP contribution in [0.15, 0.2) is 224 Å². The Balaban J connectivity index is 1.07. The van der Waals surface area contributed by atoms with Gasteiger partial charge < -0.3 is 9.13 Å². The van der Waals surface area contributed by atoms with E-state index in [0.717, 1.165) is 66.7 Å². The van der Waals surface area contributed by atoms with Crippen LogP contribution in [0.5, 0.6) is 0 Å². The lowest BCUT2D eigenvalue weighted by Gasteiger charge is -2.13. The summed E-state index contributed by atoms with van der Waals surface area (Å²) in [5.41, 5.74) is 15.2. The number of aromatic nitrogens is 5. The van der Waals surface area contributed by atoms with Crippen molar-refractivity contribution in [2.45, 2.75) is 0 Å². The van der Waals surface area contributed by atoms with Crippen molar-refractivity contribution in [1.82, 2.24) is 23.7 Å². The molecular formula is C58H37N5. The van der Waals surface area contributed by atoms with E-state index < -0.39 is 0 Å². The van der Waals surface area contributed by atoms with Gasteiger partial charge in [0.15, 0.2) is 0 Å². The Morgan fingerprint density at radius 1 is 0.254 bits per heavy atom. The highest BCUT2D eigenvalue weighted by Crippen LogP contribution is 2.43. The van der Waals surface area contributed by atoms with Gasteiger partial charge in [-0.25, -0.2) is 9.97 Å². The Morgan fingerprint density at radius 2 is 0.698 bits per heavy atom. The first-order valence-electron chi connectivity index (χ1n) is 21.4. The van der Waals surface area contributed by atoms with E-state index >= 15 is 0 Å². The first-order chi connectivity index (χ1) is 31.3. The fraction of sp³-hybridized carbons (Fsp3) is 0. The molecule has 4 heterocycles. The third kappa shape index (κ3) is 5.50. The van der Waals surface area contributed by atoms with Crippen LogP contribution in [0.4, 0.5) is 0 Å². The normalized spacial score (nSPS) is 11.8. The van der Waals surface area contributed by atoms with Crippen molar-refractivity contribution < 1.29 is 0 Å². The van der Waals surface area contributed by atoms with Crippen LogP contribution in [0.1, 0.15) is 0 Å². The molecule has 294 valence electrons. The molecule has 0 bridgehead atoms. The molecule has 0 fully saturated rings. The lowest BCUT2D eigenvalue weighted by molar-refractivity contribution is 0.994. The van der Waals surface area contributed by atoms with Gasteiger partial charge in [-0.15, -0.1) is 0 Å². The van der Waals surface area contributed by atoms with Gasteiger partial charge in [-0.2, -0.15) is 0 Å². The van der Waals surface area contributed by atoms with Gasteiger partial charge in [0.25, 0.3) is 0 Å². The highest BCUT2D eigenvalue weighted by Gasteiger charge is 2.22. The molecule has 0 atom stereocenters. The van der Waals surface area contributed by atoms with Gasteiger partial charge in [0.05, 0.1) is 44.5 Å². The Hall–Kier alpha value is -8.54. The molecule has 13 rings (SSSR count). The largest absolute Gasteiger partial charge is 0.309 e. The SMILES string of the molecule is c1ccc(-c2cccc(-n3c4ccccc4c4c5c6ccccc6n(-c6ccc7c8ccccc8n(-c8nc(-c9ccccc9)cc(-c9ccccc9)n8)c7c6)c5ccc43)c2)cc1. The predicted octanol–water partition coefficient (Wildman–Crippen LogP) is 14.8. The quantitative estimate of drug-likeness (QED) is 0.168. The van der Waals surface area contributed by atoms with E-state index in [0.29, 0.717) is 5.95 Å². The zero-order chi connectivity index (χ0) is 41.4. The van der Waals surface area contributed by atoms with Gasteiger partial charge in [0.2, 0.25) is 5.95 Å². The fourth-order valence-electron chi connectivity index (χ4n) is 9.89. The predicted molar refractivity (Wildman–Crippen MR) is 261 cm³/mol. The van der Waals surface area contributed by atoms with E-state index in [4.69, 9.17) is 9.97 Å². The van der Waals surface area contributed by atoms with Crippen molar-refractivity contribution in [3.8, 4) is 51.0 Å². The average Bonchev–Trinajstić information content (AvgIpc) is 4.00. The third-order valence-electron chi connectivity index (χ3n) is 12.7. The van der Waals surface area contributed by atoms with Crippen LogP contribution in [0.2, 0.25) is 0 Å². The van der Waals surface area contributed by atoms with E-state index in [1.165, 1.54) is 43.7 Å². The Bertz CT molecular complexity index is 3840. The second kappa shape index (κ2) is 14.0. The molecule has 0 aliphatic heterocycles. The number of benzene rings is 9. The summed E-state index contributed by atoms with van der Waals surface area (Å²) in [5, 5.41) is 7.23. The number of nitrogens with zero attached hydrogens (tertiary/aromatic N) is 5. The molecule has 63 heavy (non-hydrogen) atoms. The van der Waals surface area contributed by atoms with Crippen molar-refractivity contribution >= 4 is 65.4 Å². The lowest BCUT2D eigenvalue weighted by Crippen LogP contribution is -2.04. The summed E-state index contributed by atoms with van der Waals surface area (Å²) in [6, 6.07) is 80.2. The van der Waals surface area contributed by atoms with Crippen molar-refractivity contribution in [1.29, 1.82) is 0 Å². The summed E-state index contributed by atoms with van der Waals surface area (Å²) in [6.45, 7) is 0. The number of fused-ring (bicyclic) bond motifs is 10. The van der Waals surface area contributed by atoms with Crippen LogP contribution in [-0.2, 0) is 0 Å². The van der Waals surface area contributed by atoms with E-state index in [9.17, 15) is 0 Å². The number of hydrogen-bond donors (Lipinski definition) is 0. The average molecular weight is 804 g/mol. The summed E-state index contributed by atoms with van der Waals surface area (Å²) >= 11 is 0. The summed E-state index contributed by atoms with van der Waals surface area (Å²) in [4.78, 5) is 10.6. The topological polar surface area (TPSA) is 40.6 Å². The van der Waals surface area contributed by atoms with E-state index in [1.807, 2.05) is 12.1 Å². The van der Waals surface area contributed by atoms with Crippen molar-refractivity contribution in [2.75, 3.05) is 0 Å². The first kappa shape index (κ1) is 35.2. The first-order valence-corrected chi connectivity index (χ1v) is 21.4. The van der Waals surface area contributed by atoms with Crippen molar-refractivity contribution in [3.63, 3.8) is 0 Å². The Morgan fingerprint density at radius 3 is 1.27 bits per heavy atom. The van der Waals surface area contributed by atoms with Crippen LogP contribution in [-0.4, -0.2) is 23.7 Å². The molecule has 5 heteroatoms. The number of rotatable bonds is 6. The monoisotopic (exact) mass is 803 g/mol. The number of hydrogen-bond acceptors (Lipinski definition) is 2. The zero-order valence-corrected chi connectivity index (χ0v) is 34.1. The molecule has 0 radical (unpaired) electrons. The molecule has 9 aromatic carbocycles. The summed E-state index contributed by atoms with van der Waals surface area (Å²) < 4.78 is 7.11. The molecule has 13 aromatic rings. The molecule has 0 aliphatic rings. The smallest absolute Gasteiger partial charge is 0.235 e. The maximum absolute atomic E-state index is 5.32. The van der Waals surface area contributed by atoms with E-state index in [1.54, 1.807) is 0 Å². The Labute approximate surface area is 363 Å². The van der Waals surface area contributed by atoms with Gasteiger partial charge in [0, 0.05) is 54.8 Å². The summed E-state index contributed by atoms with van der Waals surface area (Å²) in [6.07, 6.45) is 0. The molecule has 0 saturated heterocycles. The van der Waals surface area contributed by atoms with Gasteiger partial charge >= 0.3 is 0 Å². The van der Waals surface area contributed by atoms with Gasteiger partial charge in [-0.3, -0.25) is 4.57 Å². The second-order valence-electron chi connectivity index (χ2n) is 16.2. The third-order valence-corrected chi connectivity index (χ3v) is 12.7. The molecule has 0 N–H and O–H groups in total. The van der Waals surface area contributed by atoms with Crippen LogP contribution < -0.4 is 0 Å². The molecule has 0 spiro atoms. The zero-order valence-electron chi connectivity index (χ0n) is 34.1. The second-order valence-corrected chi connectivity index (χ2v) is 16.2. The lowest BCUT2D eigenvalue weighted by atomic mass is 10.0. The van der Waals surface area contributed by atoms with Crippen LogP contribution >= 0.6 is 0 Å². The molecule has 0 saturated carbocycles. The molecule has 0 unspecified atom stereocenters. The summed E-state index contributed by atoms with van der Waals surface area (Å²) in [7, 11) is 0. The van der Waals surface area contributed by atoms with Crippen molar-refractivity contribution in [3.05, 3.63) is 224 Å². The summed E-state index contributed by atoms with van der Waals surface area (Å²) in [5.74, 6) is 0.631. The van der Waals surface area contributed by atoms with Crippen LogP contribution in [0.3, 0.4) is 0 Å². The standard InChI is InChI=1S/C58H37N5/c1-4-17-38(18-5-1)41-23-16-24-42(35-41)61-51-29-14-11-26-46(51)56-53(61)33-34-54-57(56)47-27-12-15-30-52(47)62(54)43-31-32-45-44-25-10-13-28-50(44)63(55(45)36-43)58-59-48(39-19-6-2-7-20-39)37-49(60-58)40-21-8-3-9-22-40/h1-37H. The Kier molecular flexibility index (Phi) is 7.84. The minimum absolute atomic E-state index is 0.631. The highest BCUT2D eigenvalue weighted by molar-refractivity contribution is 6.29. The fourth-order valence-corrected chi connectivity index (χ4v) is 9.89. The molecule has 0 aliphatic carbocycles. The maximum atomic E-state index is 5.32. The maximum Gasteiger partial charge on any atom is 0.235 e. The van der Waals surface area contributed by atoms with Gasteiger partial charge in [-0.1, -0.05) is 164 Å². The minimum Gasteiger partial charge on any atom is -0.309 e. The van der Waals surface area contributed by atoms with Crippen LogP contribution in [0.25, 0.3) is 116 Å². The van der Waals surface area contributed by atoms with Crippen LogP contribution in [0, 0.1) is 0 Å². The number of para-hydroxylation sites is 3. The van der Waals surface area contributed by atoms with E-state index in [-0.39, 0.29) is 0 Å². The molecule has 5 nitrogen and oxygen atoms in total. The minimum atomic E-state index is 0.631. The van der Waals surface area contributed by atoms with Gasteiger partial charge in [-0.05, 0) is 71.8 Å². The molecular weight excluding hydrogens is 767 g/mol. The van der Waals surface area contributed by atoms with Crippen molar-refractivity contribution in [2.24, 2.45) is 0 Å². The molecule has 4 aromatic heterocycles. The molecule has 0 amide bonds. The highest BCUT2D eigenvalue weighted by atomic mass is 15.2. The van der Waals surface area contributed by atoms with E-state index in [2.05, 4.69) is 226 Å². The van der Waals surface area contributed by atoms with Gasteiger partial charge in [0.1, 0.15) is 0 Å².